The minimum atomic E-state index is -0.509. The molecule has 6 heteroatoms. The van der Waals surface area contributed by atoms with Crippen LogP contribution < -0.4 is 10.1 Å². The number of aliphatic hydroxyl groups is 1. The van der Waals surface area contributed by atoms with Crippen molar-refractivity contribution in [2.45, 2.75) is 6.10 Å². The van der Waals surface area contributed by atoms with Crippen molar-refractivity contribution in [2.24, 2.45) is 0 Å². The summed E-state index contributed by atoms with van der Waals surface area (Å²) in [4.78, 5) is 15.7. The number of nitrogens with one attached hydrogen (secondary N) is 1. The van der Waals surface area contributed by atoms with Crippen molar-refractivity contribution in [3.05, 3.63) is 30.3 Å². The second-order valence-electron chi connectivity index (χ2n) is 5.53. The monoisotopic (exact) mass is 307 g/mol. The first-order valence-corrected chi connectivity index (χ1v) is 7.68. The number of para-hydroxylation sites is 1. The van der Waals surface area contributed by atoms with Crippen LogP contribution in [0.5, 0.6) is 5.75 Å². The summed E-state index contributed by atoms with van der Waals surface area (Å²) in [6.07, 6.45) is -0.509. The van der Waals surface area contributed by atoms with Crippen LogP contribution in [0, 0.1) is 0 Å². The molecular formula is C16H25N3O3. The molecule has 2 rings (SSSR count). The van der Waals surface area contributed by atoms with Crippen molar-refractivity contribution < 1.29 is 14.6 Å². The average molecular weight is 307 g/mol. The molecule has 0 aromatic heterocycles. The Kier molecular flexibility index (Phi) is 6.64. The number of β-amino-alcohol motifs (C(OH)–C–C–N with tert-alkyl or cyclic N) is 1. The number of hydrogen-bond acceptors (Lipinski definition) is 5. The van der Waals surface area contributed by atoms with Gasteiger partial charge < -0.3 is 15.2 Å². The lowest BCUT2D eigenvalue weighted by Crippen LogP contribution is -2.51. The molecule has 6 nitrogen and oxygen atoms in total. The van der Waals surface area contributed by atoms with Gasteiger partial charge in [-0.25, -0.2) is 0 Å². The first-order chi connectivity index (χ1) is 10.7. The molecule has 0 spiro atoms. The van der Waals surface area contributed by atoms with Crippen molar-refractivity contribution in [1.82, 2.24) is 15.1 Å². The van der Waals surface area contributed by atoms with E-state index >= 15 is 0 Å². The number of rotatable bonds is 7. The normalized spacial score (nSPS) is 17.9. The Morgan fingerprint density at radius 2 is 1.86 bits per heavy atom. The number of benzene rings is 1. The molecule has 0 radical (unpaired) electrons. The van der Waals surface area contributed by atoms with Crippen LogP contribution >= 0.6 is 0 Å². The Labute approximate surface area is 131 Å². The fraction of sp³-hybridized carbons (Fsp3) is 0.562. The van der Waals surface area contributed by atoms with E-state index in [0.717, 1.165) is 31.9 Å². The standard InChI is InChI=1S/C16H25N3O3/c1-17-16(21)12-19-9-7-18(8-10-19)11-14(20)13-22-15-5-3-2-4-6-15/h2-6,14,20H,7-13H2,1H3,(H,17,21). The quantitative estimate of drug-likeness (QED) is 0.730. The van der Waals surface area contributed by atoms with E-state index in [-0.39, 0.29) is 5.91 Å². The summed E-state index contributed by atoms with van der Waals surface area (Å²) in [5, 5.41) is 12.7. The Bertz CT molecular complexity index is 447. The van der Waals surface area contributed by atoms with Gasteiger partial charge in [0, 0.05) is 39.8 Å². The topological polar surface area (TPSA) is 65.0 Å². The van der Waals surface area contributed by atoms with Crippen LogP contribution in [0.3, 0.4) is 0 Å². The van der Waals surface area contributed by atoms with Gasteiger partial charge in [-0.2, -0.15) is 0 Å². The van der Waals surface area contributed by atoms with Crippen molar-refractivity contribution in [1.29, 1.82) is 0 Å². The highest BCUT2D eigenvalue weighted by atomic mass is 16.5. The van der Waals surface area contributed by atoms with Gasteiger partial charge in [-0.15, -0.1) is 0 Å². The van der Waals surface area contributed by atoms with Gasteiger partial charge in [-0.05, 0) is 12.1 Å². The summed E-state index contributed by atoms with van der Waals surface area (Å²) in [5.74, 6) is 0.821. The van der Waals surface area contributed by atoms with E-state index in [4.69, 9.17) is 4.74 Å². The van der Waals surface area contributed by atoms with E-state index in [0.29, 0.717) is 19.7 Å². The molecule has 0 bridgehead atoms. The van der Waals surface area contributed by atoms with Crippen LogP contribution in [0.4, 0.5) is 0 Å². The third-order valence-electron chi connectivity index (χ3n) is 3.77. The number of nitrogens with zero attached hydrogens (tertiary/aromatic N) is 2. The summed E-state index contributed by atoms with van der Waals surface area (Å²) < 4.78 is 5.56. The summed E-state index contributed by atoms with van der Waals surface area (Å²) in [7, 11) is 1.65. The minimum Gasteiger partial charge on any atom is -0.491 e. The van der Waals surface area contributed by atoms with E-state index in [1.807, 2.05) is 30.3 Å². The zero-order valence-corrected chi connectivity index (χ0v) is 13.1. The number of aliphatic hydroxyl groups excluding tert-OH is 1. The molecule has 0 saturated carbocycles. The summed E-state index contributed by atoms with van der Waals surface area (Å²) in [6, 6.07) is 9.51. The fourth-order valence-corrected chi connectivity index (χ4v) is 2.47. The average Bonchev–Trinajstić information content (AvgIpc) is 2.55. The lowest BCUT2D eigenvalue weighted by molar-refractivity contribution is -0.122. The molecular weight excluding hydrogens is 282 g/mol. The predicted octanol–water partition coefficient (Wildman–Crippen LogP) is -0.210. The van der Waals surface area contributed by atoms with E-state index in [9.17, 15) is 9.90 Å². The van der Waals surface area contributed by atoms with Gasteiger partial charge in [0.05, 0.1) is 6.54 Å². The highest BCUT2D eigenvalue weighted by Crippen LogP contribution is 2.09. The third kappa shape index (κ3) is 5.63. The Morgan fingerprint density at radius 3 is 2.50 bits per heavy atom. The molecule has 1 heterocycles. The first-order valence-electron chi connectivity index (χ1n) is 7.68. The van der Waals surface area contributed by atoms with Gasteiger partial charge in [0.25, 0.3) is 0 Å². The molecule has 1 aromatic carbocycles. The Balaban J connectivity index is 1.64. The zero-order valence-electron chi connectivity index (χ0n) is 13.1. The molecule has 1 saturated heterocycles. The summed E-state index contributed by atoms with van der Waals surface area (Å²) in [5.41, 5.74) is 0. The van der Waals surface area contributed by atoms with Crippen LogP contribution in [0.2, 0.25) is 0 Å². The maximum atomic E-state index is 11.3. The minimum absolute atomic E-state index is 0.0461. The molecule has 22 heavy (non-hydrogen) atoms. The maximum Gasteiger partial charge on any atom is 0.233 e. The number of ether oxygens (including phenoxy) is 1. The van der Waals surface area contributed by atoms with Crippen LogP contribution in [0.25, 0.3) is 0 Å². The highest BCUT2D eigenvalue weighted by Gasteiger charge is 2.20. The smallest absolute Gasteiger partial charge is 0.233 e. The zero-order chi connectivity index (χ0) is 15.8. The van der Waals surface area contributed by atoms with E-state index in [1.54, 1.807) is 7.05 Å². The van der Waals surface area contributed by atoms with Crippen LogP contribution in [0.15, 0.2) is 30.3 Å². The molecule has 1 amide bonds. The predicted molar refractivity (Wildman–Crippen MR) is 84.9 cm³/mol. The van der Waals surface area contributed by atoms with Crippen LogP contribution in [0.1, 0.15) is 0 Å². The second kappa shape index (κ2) is 8.73. The van der Waals surface area contributed by atoms with Gasteiger partial charge in [-0.3, -0.25) is 14.6 Å². The van der Waals surface area contributed by atoms with Gasteiger partial charge in [-0.1, -0.05) is 18.2 Å². The number of piperazine rings is 1. The maximum absolute atomic E-state index is 11.3. The molecule has 2 N–H and O–H groups in total. The van der Waals surface area contributed by atoms with Gasteiger partial charge in [0.2, 0.25) is 5.91 Å². The van der Waals surface area contributed by atoms with Crippen molar-refractivity contribution >= 4 is 5.91 Å². The van der Waals surface area contributed by atoms with Crippen LogP contribution in [-0.4, -0.2) is 79.8 Å². The molecule has 0 aliphatic carbocycles. The van der Waals surface area contributed by atoms with Crippen molar-refractivity contribution in [3.63, 3.8) is 0 Å². The Hall–Kier alpha value is -1.63. The summed E-state index contributed by atoms with van der Waals surface area (Å²) >= 11 is 0. The Morgan fingerprint density at radius 1 is 1.23 bits per heavy atom. The summed E-state index contributed by atoms with van der Waals surface area (Å²) in [6.45, 7) is 4.76. The fourth-order valence-electron chi connectivity index (χ4n) is 2.47. The largest absolute Gasteiger partial charge is 0.491 e. The lowest BCUT2D eigenvalue weighted by atomic mass is 10.2. The molecule has 1 unspecified atom stereocenters. The number of likely N-dealkylation sites (N-methyl/N-ethyl adjacent to an activating group) is 1. The van der Waals surface area contributed by atoms with E-state index < -0.39 is 6.10 Å². The first kappa shape index (κ1) is 16.7. The SMILES string of the molecule is CNC(=O)CN1CCN(CC(O)COc2ccccc2)CC1. The number of amides is 1. The molecule has 1 aromatic rings. The molecule has 1 aliphatic heterocycles. The molecule has 1 fully saturated rings. The van der Waals surface area contributed by atoms with Crippen molar-refractivity contribution in [2.75, 3.05) is 52.9 Å². The molecule has 1 atom stereocenters. The van der Waals surface area contributed by atoms with Gasteiger partial charge >= 0.3 is 0 Å². The van der Waals surface area contributed by atoms with Crippen molar-refractivity contribution in [3.8, 4) is 5.75 Å². The van der Waals surface area contributed by atoms with E-state index in [1.165, 1.54) is 0 Å². The number of carbonyl (C=O) groups is 1. The van der Waals surface area contributed by atoms with Gasteiger partial charge in [0.1, 0.15) is 18.5 Å². The lowest BCUT2D eigenvalue weighted by Gasteiger charge is -2.35. The van der Waals surface area contributed by atoms with Gasteiger partial charge in [0.15, 0.2) is 0 Å². The number of hydrogen-bond donors (Lipinski definition) is 2. The second-order valence-corrected chi connectivity index (χ2v) is 5.53. The van der Waals surface area contributed by atoms with E-state index in [2.05, 4.69) is 15.1 Å². The highest BCUT2D eigenvalue weighted by molar-refractivity contribution is 5.77. The molecule has 122 valence electrons. The third-order valence-corrected chi connectivity index (χ3v) is 3.77. The number of carbonyl (C=O) groups excluding carboxylic acids is 1. The molecule has 1 aliphatic rings. The van der Waals surface area contributed by atoms with Crippen LogP contribution in [-0.2, 0) is 4.79 Å².